The summed E-state index contributed by atoms with van der Waals surface area (Å²) >= 11 is 0. The van der Waals surface area contributed by atoms with Crippen molar-refractivity contribution in [3.8, 4) is 0 Å². The summed E-state index contributed by atoms with van der Waals surface area (Å²) in [6.45, 7) is 2.79. The number of hydrogen-bond donors (Lipinski definition) is 2. The van der Waals surface area contributed by atoms with Crippen molar-refractivity contribution in [2.24, 2.45) is 0 Å². The summed E-state index contributed by atoms with van der Waals surface area (Å²) in [7, 11) is 0. The maximum absolute atomic E-state index is 12.1. The van der Waals surface area contributed by atoms with Crippen LogP contribution < -0.4 is 5.32 Å². The summed E-state index contributed by atoms with van der Waals surface area (Å²) in [5.41, 5.74) is 1.08. The molecule has 0 saturated heterocycles. The Morgan fingerprint density at radius 2 is 2.00 bits per heavy atom. The third-order valence-electron chi connectivity index (χ3n) is 3.00. The lowest BCUT2D eigenvalue weighted by Crippen LogP contribution is -2.30. The average molecular weight is 249 g/mol. The SMILES string of the molecule is CCCCC(C(=O)NCCCO)c1ccccc1. The number of nitrogens with one attached hydrogen (secondary N) is 1. The van der Waals surface area contributed by atoms with Crippen molar-refractivity contribution in [3.05, 3.63) is 35.9 Å². The van der Waals surface area contributed by atoms with Crippen molar-refractivity contribution in [1.82, 2.24) is 5.32 Å². The molecule has 1 atom stereocenters. The molecule has 0 spiro atoms. The molecule has 0 saturated carbocycles. The van der Waals surface area contributed by atoms with Gasteiger partial charge in [-0.15, -0.1) is 0 Å². The van der Waals surface area contributed by atoms with Gasteiger partial charge in [-0.3, -0.25) is 4.79 Å². The van der Waals surface area contributed by atoms with Crippen LogP contribution in [-0.4, -0.2) is 24.2 Å². The molecule has 0 aliphatic heterocycles. The van der Waals surface area contributed by atoms with Crippen LogP contribution in [0.3, 0.4) is 0 Å². The predicted molar refractivity (Wildman–Crippen MR) is 73.4 cm³/mol. The number of benzene rings is 1. The Hall–Kier alpha value is -1.35. The number of rotatable bonds is 8. The lowest BCUT2D eigenvalue weighted by Gasteiger charge is -2.16. The number of amides is 1. The van der Waals surface area contributed by atoms with E-state index in [4.69, 9.17) is 5.11 Å². The Kier molecular flexibility index (Phi) is 7.11. The second-order valence-corrected chi connectivity index (χ2v) is 4.47. The normalized spacial score (nSPS) is 12.1. The van der Waals surface area contributed by atoms with Crippen molar-refractivity contribution in [2.45, 2.75) is 38.5 Å². The summed E-state index contributed by atoms with van der Waals surface area (Å²) in [6, 6.07) is 9.91. The van der Waals surface area contributed by atoms with Crippen LogP contribution in [0.4, 0.5) is 0 Å². The van der Waals surface area contributed by atoms with E-state index in [-0.39, 0.29) is 18.4 Å². The molecule has 2 N–H and O–H groups in total. The van der Waals surface area contributed by atoms with E-state index in [9.17, 15) is 4.79 Å². The molecule has 100 valence electrons. The van der Waals surface area contributed by atoms with Gasteiger partial charge in [-0.25, -0.2) is 0 Å². The van der Waals surface area contributed by atoms with E-state index in [1.165, 1.54) is 0 Å². The summed E-state index contributed by atoms with van der Waals surface area (Å²) in [5.74, 6) is 0.00735. The van der Waals surface area contributed by atoms with Gasteiger partial charge in [0, 0.05) is 13.2 Å². The predicted octanol–water partition coefficient (Wildman–Crippen LogP) is 2.46. The minimum atomic E-state index is -0.0650. The molecule has 0 aliphatic carbocycles. The van der Waals surface area contributed by atoms with Gasteiger partial charge in [-0.1, -0.05) is 50.1 Å². The first kappa shape index (κ1) is 14.7. The fraction of sp³-hybridized carbons (Fsp3) is 0.533. The van der Waals surface area contributed by atoms with E-state index in [1.54, 1.807) is 0 Å². The van der Waals surface area contributed by atoms with E-state index >= 15 is 0 Å². The van der Waals surface area contributed by atoms with Gasteiger partial charge in [0.05, 0.1) is 5.92 Å². The summed E-state index contributed by atoms with van der Waals surface area (Å²) in [6.07, 6.45) is 3.63. The average Bonchev–Trinajstić information content (AvgIpc) is 2.41. The van der Waals surface area contributed by atoms with Gasteiger partial charge < -0.3 is 10.4 Å². The lowest BCUT2D eigenvalue weighted by atomic mass is 9.93. The molecular weight excluding hydrogens is 226 g/mol. The molecule has 0 aliphatic rings. The fourth-order valence-corrected chi connectivity index (χ4v) is 1.96. The zero-order valence-corrected chi connectivity index (χ0v) is 11.1. The highest BCUT2D eigenvalue weighted by Gasteiger charge is 2.19. The highest BCUT2D eigenvalue weighted by Crippen LogP contribution is 2.22. The first-order valence-electron chi connectivity index (χ1n) is 6.73. The molecule has 0 radical (unpaired) electrons. The lowest BCUT2D eigenvalue weighted by molar-refractivity contribution is -0.122. The molecule has 18 heavy (non-hydrogen) atoms. The number of aliphatic hydroxyl groups is 1. The topological polar surface area (TPSA) is 49.3 Å². The van der Waals surface area contributed by atoms with Crippen LogP contribution in [0.1, 0.15) is 44.1 Å². The smallest absolute Gasteiger partial charge is 0.227 e. The van der Waals surface area contributed by atoms with Gasteiger partial charge in [-0.05, 0) is 18.4 Å². The van der Waals surface area contributed by atoms with Gasteiger partial charge in [0.2, 0.25) is 5.91 Å². The second kappa shape index (κ2) is 8.70. The molecular formula is C15H23NO2. The van der Waals surface area contributed by atoms with Gasteiger partial charge in [0.1, 0.15) is 0 Å². The van der Waals surface area contributed by atoms with Crippen molar-refractivity contribution in [1.29, 1.82) is 0 Å². The Balaban J connectivity index is 2.63. The maximum atomic E-state index is 12.1. The zero-order valence-electron chi connectivity index (χ0n) is 11.1. The molecule has 3 heteroatoms. The number of aliphatic hydroxyl groups excluding tert-OH is 1. The molecule has 0 bridgehead atoms. The Morgan fingerprint density at radius 1 is 1.28 bits per heavy atom. The quantitative estimate of drug-likeness (QED) is 0.695. The summed E-state index contributed by atoms with van der Waals surface area (Å²) in [4.78, 5) is 12.1. The standard InChI is InChI=1S/C15H23NO2/c1-2-3-10-14(13-8-5-4-6-9-13)15(18)16-11-7-12-17/h4-6,8-9,14,17H,2-3,7,10-12H2,1H3,(H,16,18). The minimum Gasteiger partial charge on any atom is -0.396 e. The second-order valence-electron chi connectivity index (χ2n) is 4.47. The highest BCUT2D eigenvalue weighted by molar-refractivity contribution is 5.83. The molecule has 3 nitrogen and oxygen atoms in total. The fourth-order valence-electron chi connectivity index (χ4n) is 1.96. The van der Waals surface area contributed by atoms with E-state index < -0.39 is 0 Å². The molecule has 1 rings (SSSR count). The molecule has 1 amide bonds. The van der Waals surface area contributed by atoms with Crippen LogP contribution in [0.25, 0.3) is 0 Å². The molecule has 0 heterocycles. The van der Waals surface area contributed by atoms with Crippen LogP contribution in [0, 0.1) is 0 Å². The van der Waals surface area contributed by atoms with Crippen LogP contribution in [-0.2, 0) is 4.79 Å². The van der Waals surface area contributed by atoms with E-state index in [0.29, 0.717) is 13.0 Å². The molecule has 0 aromatic heterocycles. The van der Waals surface area contributed by atoms with Gasteiger partial charge in [0.25, 0.3) is 0 Å². The largest absolute Gasteiger partial charge is 0.396 e. The van der Waals surface area contributed by atoms with Crippen LogP contribution >= 0.6 is 0 Å². The summed E-state index contributed by atoms with van der Waals surface area (Å²) in [5, 5.41) is 11.6. The Labute approximate surface area is 109 Å². The monoisotopic (exact) mass is 249 g/mol. The molecule has 1 aromatic carbocycles. The Bertz CT molecular complexity index is 338. The van der Waals surface area contributed by atoms with Crippen molar-refractivity contribution in [2.75, 3.05) is 13.2 Å². The van der Waals surface area contributed by atoms with Gasteiger partial charge in [0.15, 0.2) is 0 Å². The molecule has 1 unspecified atom stereocenters. The van der Waals surface area contributed by atoms with Crippen molar-refractivity contribution < 1.29 is 9.90 Å². The first-order chi connectivity index (χ1) is 8.79. The van der Waals surface area contributed by atoms with E-state index in [0.717, 1.165) is 24.8 Å². The number of carbonyl (C=O) groups excluding carboxylic acids is 1. The third-order valence-corrected chi connectivity index (χ3v) is 3.00. The number of unbranched alkanes of at least 4 members (excludes halogenated alkanes) is 1. The molecule has 1 aromatic rings. The third kappa shape index (κ3) is 4.88. The van der Waals surface area contributed by atoms with Crippen LogP contribution in [0.2, 0.25) is 0 Å². The van der Waals surface area contributed by atoms with Crippen molar-refractivity contribution in [3.63, 3.8) is 0 Å². The Morgan fingerprint density at radius 3 is 2.61 bits per heavy atom. The van der Waals surface area contributed by atoms with Gasteiger partial charge in [-0.2, -0.15) is 0 Å². The first-order valence-corrected chi connectivity index (χ1v) is 6.73. The van der Waals surface area contributed by atoms with Crippen LogP contribution in [0.5, 0.6) is 0 Å². The number of carbonyl (C=O) groups is 1. The highest BCUT2D eigenvalue weighted by atomic mass is 16.3. The van der Waals surface area contributed by atoms with Crippen LogP contribution in [0.15, 0.2) is 30.3 Å². The van der Waals surface area contributed by atoms with Gasteiger partial charge >= 0.3 is 0 Å². The molecule has 0 fully saturated rings. The summed E-state index contributed by atoms with van der Waals surface area (Å²) < 4.78 is 0. The van der Waals surface area contributed by atoms with E-state index in [2.05, 4.69) is 12.2 Å². The maximum Gasteiger partial charge on any atom is 0.227 e. The zero-order chi connectivity index (χ0) is 13.2. The minimum absolute atomic E-state index is 0.0650. The number of hydrogen-bond acceptors (Lipinski definition) is 2. The van der Waals surface area contributed by atoms with E-state index in [1.807, 2.05) is 30.3 Å². The van der Waals surface area contributed by atoms with Crippen molar-refractivity contribution >= 4 is 5.91 Å².